The SMILES string of the molecule is Cc1nn(C)c(NC2CCCCC2O)c1C(N)=S. The van der Waals surface area contributed by atoms with Crippen molar-refractivity contribution in [3.8, 4) is 0 Å². The van der Waals surface area contributed by atoms with Gasteiger partial charge in [0.2, 0.25) is 0 Å². The highest BCUT2D eigenvalue weighted by Crippen LogP contribution is 2.25. The Balaban J connectivity index is 2.25. The first-order valence-corrected chi connectivity index (χ1v) is 6.69. The molecule has 2 atom stereocenters. The lowest BCUT2D eigenvalue weighted by atomic mass is 9.92. The number of aryl methyl sites for hydroxylation is 2. The zero-order valence-corrected chi connectivity index (χ0v) is 11.6. The fourth-order valence-electron chi connectivity index (χ4n) is 2.57. The van der Waals surface area contributed by atoms with E-state index in [0.717, 1.165) is 42.8 Å². The summed E-state index contributed by atoms with van der Waals surface area (Å²) in [6.45, 7) is 1.89. The van der Waals surface area contributed by atoms with Gasteiger partial charge in [-0.05, 0) is 19.8 Å². The van der Waals surface area contributed by atoms with E-state index >= 15 is 0 Å². The fourth-order valence-corrected chi connectivity index (χ4v) is 2.82. The van der Waals surface area contributed by atoms with Gasteiger partial charge in [0.15, 0.2) is 0 Å². The average molecular weight is 268 g/mol. The zero-order valence-electron chi connectivity index (χ0n) is 10.8. The second-order valence-corrected chi connectivity index (χ2v) is 5.34. The van der Waals surface area contributed by atoms with Crippen LogP contribution in [0.4, 0.5) is 5.82 Å². The molecule has 1 aliphatic rings. The van der Waals surface area contributed by atoms with Gasteiger partial charge in [-0.15, -0.1) is 0 Å². The molecule has 0 radical (unpaired) electrons. The third-order valence-corrected chi connectivity index (χ3v) is 3.72. The molecular weight excluding hydrogens is 248 g/mol. The number of aliphatic hydroxyl groups excluding tert-OH is 1. The van der Waals surface area contributed by atoms with Crippen LogP contribution in [0.1, 0.15) is 36.9 Å². The highest BCUT2D eigenvalue weighted by atomic mass is 32.1. The summed E-state index contributed by atoms with van der Waals surface area (Å²) in [6.07, 6.45) is 3.71. The van der Waals surface area contributed by atoms with Crippen molar-refractivity contribution in [1.29, 1.82) is 0 Å². The van der Waals surface area contributed by atoms with E-state index in [1.807, 2.05) is 14.0 Å². The molecule has 0 bridgehead atoms. The van der Waals surface area contributed by atoms with Gasteiger partial charge in [-0.1, -0.05) is 25.1 Å². The summed E-state index contributed by atoms with van der Waals surface area (Å²) in [5.74, 6) is 0.811. The van der Waals surface area contributed by atoms with Gasteiger partial charge in [-0.25, -0.2) is 0 Å². The third kappa shape index (κ3) is 2.49. The molecule has 6 heteroatoms. The van der Waals surface area contributed by atoms with E-state index in [4.69, 9.17) is 18.0 Å². The monoisotopic (exact) mass is 268 g/mol. The number of nitrogens with one attached hydrogen (secondary N) is 1. The summed E-state index contributed by atoms with van der Waals surface area (Å²) in [5.41, 5.74) is 7.34. The third-order valence-electron chi connectivity index (χ3n) is 3.52. The van der Waals surface area contributed by atoms with E-state index < -0.39 is 0 Å². The minimum Gasteiger partial charge on any atom is -0.391 e. The van der Waals surface area contributed by atoms with Gasteiger partial charge >= 0.3 is 0 Å². The molecule has 0 aromatic carbocycles. The highest BCUT2D eigenvalue weighted by molar-refractivity contribution is 7.80. The minimum atomic E-state index is -0.312. The van der Waals surface area contributed by atoms with Crippen LogP contribution in [0, 0.1) is 6.92 Å². The van der Waals surface area contributed by atoms with Crippen LogP contribution in [0.15, 0.2) is 0 Å². The average Bonchev–Trinajstić information content (AvgIpc) is 2.57. The zero-order chi connectivity index (χ0) is 13.3. The van der Waals surface area contributed by atoms with Gasteiger partial charge in [0, 0.05) is 7.05 Å². The maximum Gasteiger partial charge on any atom is 0.134 e. The summed E-state index contributed by atoms with van der Waals surface area (Å²) in [6, 6.07) is 0.0571. The number of hydrogen-bond donors (Lipinski definition) is 3. The first-order valence-electron chi connectivity index (χ1n) is 6.28. The maximum absolute atomic E-state index is 10.0. The molecule has 2 rings (SSSR count). The van der Waals surface area contributed by atoms with Crippen LogP contribution in [-0.2, 0) is 7.05 Å². The second kappa shape index (κ2) is 5.24. The Morgan fingerprint density at radius 1 is 1.50 bits per heavy atom. The Hall–Kier alpha value is -1.14. The van der Waals surface area contributed by atoms with Crippen molar-refractivity contribution in [3.63, 3.8) is 0 Å². The van der Waals surface area contributed by atoms with E-state index in [2.05, 4.69) is 10.4 Å². The quantitative estimate of drug-likeness (QED) is 0.715. The van der Waals surface area contributed by atoms with Crippen LogP contribution >= 0.6 is 12.2 Å². The van der Waals surface area contributed by atoms with Gasteiger partial charge < -0.3 is 16.2 Å². The van der Waals surface area contributed by atoms with Crippen molar-refractivity contribution < 1.29 is 5.11 Å². The largest absolute Gasteiger partial charge is 0.391 e. The molecule has 18 heavy (non-hydrogen) atoms. The minimum absolute atomic E-state index is 0.0571. The number of rotatable bonds is 3. The van der Waals surface area contributed by atoms with E-state index in [-0.39, 0.29) is 12.1 Å². The summed E-state index contributed by atoms with van der Waals surface area (Å²) in [7, 11) is 1.85. The summed E-state index contributed by atoms with van der Waals surface area (Å²) in [4.78, 5) is 0.341. The molecule has 1 aliphatic carbocycles. The van der Waals surface area contributed by atoms with Crippen molar-refractivity contribution in [2.75, 3.05) is 5.32 Å². The number of aliphatic hydroxyl groups is 1. The lowest BCUT2D eigenvalue weighted by Crippen LogP contribution is -2.37. The lowest BCUT2D eigenvalue weighted by Gasteiger charge is -2.29. The number of aromatic nitrogens is 2. The first-order chi connectivity index (χ1) is 8.50. The van der Waals surface area contributed by atoms with Gasteiger partial charge in [-0.3, -0.25) is 4.68 Å². The van der Waals surface area contributed by atoms with Gasteiger partial charge in [0.25, 0.3) is 0 Å². The van der Waals surface area contributed by atoms with E-state index in [0.29, 0.717) is 4.99 Å². The van der Waals surface area contributed by atoms with Gasteiger partial charge in [-0.2, -0.15) is 5.10 Å². The molecule has 1 aromatic rings. The highest BCUT2D eigenvalue weighted by Gasteiger charge is 2.25. The second-order valence-electron chi connectivity index (χ2n) is 4.90. The van der Waals surface area contributed by atoms with Crippen molar-refractivity contribution >= 4 is 23.0 Å². The molecule has 1 aromatic heterocycles. The lowest BCUT2D eigenvalue weighted by molar-refractivity contribution is 0.116. The predicted octanol–water partition coefficient (Wildman–Crippen LogP) is 1.08. The van der Waals surface area contributed by atoms with Crippen LogP contribution in [0.2, 0.25) is 0 Å². The predicted molar refractivity (Wildman–Crippen MR) is 75.7 cm³/mol. The molecule has 1 fully saturated rings. The molecule has 0 spiro atoms. The smallest absolute Gasteiger partial charge is 0.134 e. The number of thiocarbonyl (C=S) groups is 1. The standard InChI is InChI=1S/C12H20N4OS/c1-7-10(11(13)18)12(16(2)15-7)14-8-5-3-4-6-9(8)17/h8-9,14,17H,3-6H2,1-2H3,(H2,13,18). The van der Waals surface area contributed by atoms with Crippen molar-refractivity contribution in [2.24, 2.45) is 12.8 Å². The van der Waals surface area contributed by atoms with Gasteiger partial charge in [0.05, 0.1) is 23.4 Å². The molecule has 4 N–H and O–H groups in total. The van der Waals surface area contributed by atoms with Gasteiger partial charge in [0.1, 0.15) is 10.8 Å². The van der Waals surface area contributed by atoms with E-state index in [1.165, 1.54) is 0 Å². The first kappa shape index (κ1) is 13.3. The molecule has 1 heterocycles. The summed E-state index contributed by atoms with van der Waals surface area (Å²) >= 11 is 5.07. The topological polar surface area (TPSA) is 76.1 Å². The Morgan fingerprint density at radius 3 is 2.78 bits per heavy atom. The Labute approximate surface area is 112 Å². The van der Waals surface area contributed by atoms with Crippen molar-refractivity contribution in [2.45, 2.75) is 44.8 Å². The van der Waals surface area contributed by atoms with Crippen LogP contribution in [0.5, 0.6) is 0 Å². The van der Waals surface area contributed by atoms with Crippen LogP contribution in [0.25, 0.3) is 0 Å². The molecule has 0 aliphatic heterocycles. The van der Waals surface area contributed by atoms with Crippen molar-refractivity contribution in [3.05, 3.63) is 11.3 Å². The molecule has 5 nitrogen and oxygen atoms in total. The van der Waals surface area contributed by atoms with Crippen LogP contribution in [-0.4, -0.2) is 32.0 Å². The van der Waals surface area contributed by atoms with E-state index in [9.17, 15) is 5.11 Å². The van der Waals surface area contributed by atoms with Crippen LogP contribution < -0.4 is 11.1 Å². The number of nitrogens with zero attached hydrogens (tertiary/aromatic N) is 2. The Morgan fingerprint density at radius 2 is 2.17 bits per heavy atom. The molecule has 1 saturated carbocycles. The maximum atomic E-state index is 10.0. The number of hydrogen-bond acceptors (Lipinski definition) is 4. The summed E-state index contributed by atoms with van der Waals surface area (Å²) < 4.78 is 1.74. The molecule has 0 amide bonds. The molecular formula is C12H20N4OS. The Bertz CT molecular complexity index is 457. The number of nitrogens with two attached hydrogens (primary N) is 1. The Kier molecular flexibility index (Phi) is 3.87. The molecule has 100 valence electrons. The fraction of sp³-hybridized carbons (Fsp3) is 0.667. The normalized spacial score (nSPS) is 23.9. The molecule has 0 saturated heterocycles. The molecule has 2 unspecified atom stereocenters. The van der Waals surface area contributed by atoms with E-state index in [1.54, 1.807) is 4.68 Å². The number of anilines is 1. The van der Waals surface area contributed by atoms with Crippen molar-refractivity contribution in [1.82, 2.24) is 9.78 Å². The van der Waals surface area contributed by atoms with Crippen LogP contribution in [0.3, 0.4) is 0 Å². The summed E-state index contributed by atoms with van der Waals surface area (Å²) in [5, 5.41) is 17.7.